The number of ether oxygens (including phenoxy) is 1. The predicted molar refractivity (Wildman–Crippen MR) is 69.9 cm³/mol. The summed E-state index contributed by atoms with van der Waals surface area (Å²) in [6.07, 6.45) is 3.77. The maximum atomic E-state index is 11.9. The highest BCUT2D eigenvalue weighted by atomic mass is 16.5. The molecule has 0 saturated carbocycles. The third-order valence-corrected chi connectivity index (χ3v) is 3.57. The van der Waals surface area contributed by atoms with Crippen LogP contribution in [0, 0.1) is 0 Å². The molecule has 0 radical (unpaired) electrons. The lowest BCUT2D eigenvalue weighted by molar-refractivity contribution is -0.116. The second-order valence-corrected chi connectivity index (χ2v) is 4.97. The van der Waals surface area contributed by atoms with Crippen molar-refractivity contribution in [2.24, 2.45) is 0 Å². The summed E-state index contributed by atoms with van der Waals surface area (Å²) in [4.78, 5) is 11.9. The Morgan fingerprint density at radius 1 is 1.50 bits per heavy atom. The molecule has 2 aliphatic heterocycles. The van der Waals surface area contributed by atoms with E-state index < -0.39 is 0 Å². The van der Waals surface area contributed by atoms with Crippen molar-refractivity contribution in [3.05, 3.63) is 23.8 Å². The van der Waals surface area contributed by atoms with Crippen molar-refractivity contribution in [3.63, 3.8) is 0 Å². The van der Waals surface area contributed by atoms with E-state index in [1.165, 1.54) is 12.0 Å². The highest BCUT2D eigenvalue weighted by Crippen LogP contribution is 2.27. The minimum absolute atomic E-state index is 0.0910. The molecule has 4 nitrogen and oxygen atoms in total. The zero-order valence-electron chi connectivity index (χ0n) is 10.4. The topological polar surface area (TPSA) is 50.4 Å². The highest BCUT2D eigenvalue weighted by Gasteiger charge is 2.18. The quantitative estimate of drug-likeness (QED) is 0.853. The molecule has 0 aliphatic carbocycles. The average Bonchev–Trinajstić information content (AvgIpc) is 2.98. The van der Waals surface area contributed by atoms with Gasteiger partial charge in [0.05, 0.1) is 6.61 Å². The molecule has 1 amide bonds. The van der Waals surface area contributed by atoms with Gasteiger partial charge in [0.25, 0.3) is 0 Å². The van der Waals surface area contributed by atoms with Crippen LogP contribution >= 0.6 is 0 Å². The van der Waals surface area contributed by atoms with Crippen molar-refractivity contribution >= 4 is 11.6 Å². The lowest BCUT2D eigenvalue weighted by Gasteiger charge is -2.11. The van der Waals surface area contributed by atoms with E-state index in [0.29, 0.717) is 12.5 Å². The molecule has 4 heteroatoms. The first-order valence-electron chi connectivity index (χ1n) is 6.60. The average molecular weight is 246 g/mol. The van der Waals surface area contributed by atoms with Crippen LogP contribution in [0.5, 0.6) is 5.75 Å². The fourth-order valence-corrected chi connectivity index (χ4v) is 2.63. The number of hydrogen-bond acceptors (Lipinski definition) is 3. The van der Waals surface area contributed by atoms with Crippen LogP contribution in [0.3, 0.4) is 0 Å². The van der Waals surface area contributed by atoms with Crippen molar-refractivity contribution in [2.75, 3.05) is 18.5 Å². The van der Waals surface area contributed by atoms with Gasteiger partial charge in [-0.05, 0) is 43.1 Å². The second kappa shape index (κ2) is 4.98. The molecule has 1 unspecified atom stereocenters. The Balaban J connectivity index is 1.60. The van der Waals surface area contributed by atoms with Gasteiger partial charge in [-0.15, -0.1) is 0 Å². The molecular formula is C14H18N2O2. The molecule has 1 fully saturated rings. The van der Waals surface area contributed by atoms with Crippen molar-refractivity contribution in [3.8, 4) is 5.75 Å². The highest BCUT2D eigenvalue weighted by molar-refractivity contribution is 5.91. The van der Waals surface area contributed by atoms with Crippen LogP contribution in [-0.4, -0.2) is 25.1 Å². The molecule has 0 aromatic heterocycles. The van der Waals surface area contributed by atoms with Gasteiger partial charge in [0.2, 0.25) is 5.91 Å². The Morgan fingerprint density at radius 3 is 3.28 bits per heavy atom. The molecule has 3 rings (SSSR count). The van der Waals surface area contributed by atoms with Gasteiger partial charge in [-0.2, -0.15) is 0 Å². The van der Waals surface area contributed by atoms with E-state index in [9.17, 15) is 4.79 Å². The number of rotatable bonds is 3. The Bertz CT molecular complexity index is 453. The van der Waals surface area contributed by atoms with Gasteiger partial charge in [-0.1, -0.05) is 0 Å². The number of benzene rings is 1. The van der Waals surface area contributed by atoms with Crippen molar-refractivity contribution in [1.82, 2.24) is 5.32 Å². The Kier molecular flexibility index (Phi) is 3.19. The van der Waals surface area contributed by atoms with Gasteiger partial charge >= 0.3 is 0 Å². The molecule has 2 aliphatic rings. The van der Waals surface area contributed by atoms with Crippen molar-refractivity contribution in [1.29, 1.82) is 0 Å². The van der Waals surface area contributed by atoms with Crippen LogP contribution in [0.15, 0.2) is 18.2 Å². The summed E-state index contributed by atoms with van der Waals surface area (Å²) < 4.78 is 5.44. The normalized spacial score (nSPS) is 21.4. The number of amides is 1. The van der Waals surface area contributed by atoms with Crippen molar-refractivity contribution in [2.45, 2.75) is 31.7 Å². The van der Waals surface area contributed by atoms with Crippen LogP contribution < -0.4 is 15.4 Å². The number of carbonyl (C=O) groups excluding carboxylic acids is 1. The van der Waals surface area contributed by atoms with E-state index in [4.69, 9.17) is 4.74 Å². The van der Waals surface area contributed by atoms with E-state index >= 15 is 0 Å². The fourth-order valence-electron chi connectivity index (χ4n) is 2.63. The molecule has 2 N–H and O–H groups in total. The SMILES string of the molecule is O=C(CC1CCCN1)Nc1ccc2c(c1)CCO2. The Hall–Kier alpha value is -1.55. The van der Waals surface area contributed by atoms with Gasteiger partial charge in [0, 0.05) is 24.6 Å². The first kappa shape index (κ1) is 11.5. The molecule has 18 heavy (non-hydrogen) atoms. The van der Waals surface area contributed by atoms with Crippen molar-refractivity contribution < 1.29 is 9.53 Å². The zero-order chi connectivity index (χ0) is 12.4. The summed E-state index contributed by atoms with van der Waals surface area (Å²) in [6, 6.07) is 6.21. The van der Waals surface area contributed by atoms with E-state index in [1.54, 1.807) is 0 Å². The zero-order valence-corrected chi connectivity index (χ0v) is 10.4. The number of anilines is 1. The maximum Gasteiger partial charge on any atom is 0.225 e. The summed E-state index contributed by atoms with van der Waals surface area (Å²) >= 11 is 0. The third-order valence-electron chi connectivity index (χ3n) is 3.57. The van der Waals surface area contributed by atoms with Gasteiger partial charge in [0.1, 0.15) is 5.75 Å². The van der Waals surface area contributed by atoms with Crippen LogP contribution in [0.1, 0.15) is 24.8 Å². The van der Waals surface area contributed by atoms with Gasteiger partial charge < -0.3 is 15.4 Å². The largest absolute Gasteiger partial charge is 0.493 e. The molecule has 1 aromatic carbocycles. The number of carbonyl (C=O) groups is 1. The van der Waals surface area contributed by atoms with E-state index in [-0.39, 0.29) is 5.91 Å². The third kappa shape index (κ3) is 2.48. The summed E-state index contributed by atoms with van der Waals surface area (Å²) in [5.41, 5.74) is 2.06. The Morgan fingerprint density at radius 2 is 2.44 bits per heavy atom. The van der Waals surface area contributed by atoms with Crippen LogP contribution in [0.4, 0.5) is 5.69 Å². The molecule has 0 bridgehead atoms. The number of hydrogen-bond donors (Lipinski definition) is 2. The molecule has 1 atom stereocenters. The molecule has 1 saturated heterocycles. The van der Waals surface area contributed by atoms with Crippen LogP contribution in [0.25, 0.3) is 0 Å². The summed E-state index contributed by atoms with van der Waals surface area (Å²) in [6.45, 7) is 1.78. The predicted octanol–water partition coefficient (Wildman–Crippen LogP) is 1.70. The monoisotopic (exact) mass is 246 g/mol. The van der Waals surface area contributed by atoms with Crippen LogP contribution in [-0.2, 0) is 11.2 Å². The van der Waals surface area contributed by atoms with Crippen LogP contribution in [0.2, 0.25) is 0 Å². The smallest absolute Gasteiger partial charge is 0.225 e. The lowest BCUT2D eigenvalue weighted by Crippen LogP contribution is -2.27. The van der Waals surface area contributed by atoms with Gasteiger partial charge in [-0.25, -0.2) is 0 Å². The maximum absolute atomic E-state index is 11.9. The molecule has 2 heterocycles. The molecule has 0 spiro atoms. The first-order valence-corrected chi connectivity index (χ1v) is 6.60. The standard InChI is InChI=1S/C14H18N2O2/c17-14(9-11-2-1-6-15-11)16-12-3-4-13-10(8-12)5-7-18-13/h3-4,8,11,15H,1-2,5-7,9H2,(H,16,17). The molecule has 1 aromatic rings. The summed E-state index contributed by atoms with van der Waals surface area (Å²) in [7, 11) is 0. The second-order valence-electron chi connectivity index (χ2n) is 4.97. The number of fused-ring (bicyclic) bond motifs is 1. The summed E-state index contributed by atoms with van der Waals surface area (Å²) in [5, 5.41) is 6.30. The molecule has 96 valence electrons. The van der Waals surface area contributed by atoms with E-state index in [0.717, 1.165) is 37.4 Å². The summed E-state index contributed by atoms with van der Waals surface area (Å²) in [5.74, 6) is 1.04. The Labute approximate surface area is 107 Å². The van der Waals surface area contributed by atoms with E-state index in [1.807, 2.05) is 18.2 Å². The van der Waals surface area contributed by atoms with Gasteiger partial charge in [-0.3, -0.25) is 4.79 Å². The lowest BCUT2D eigenvalue weighted by atomic mass is 10.1. The minimum Gasteiger partial charge on any atom is -0.493 e. The fraction of sp³-hybridized carbons (Fsp3) is 0.500. The molecular weight excluding hydrogens is 228 g/mol. The van der Waals surface area contributed by atoms with E-state index in [2.05, 4.69) is 10.6 Å². The first-order chi connectivity index (χ1) is 8.81. The van der Waals surface area contributed by atoms with Gasteiger partial charge in [0.15, 0.2) is 0 Å². The minimum atomic E-state index is 0.0910. The number of nitrogens with one attached hydrogen (secondary N) is 2.